The Morgan fingerprint density at radius 1 is 1.17 bits per heavy atom. The molecule has 3 fully saturated rings. The van der Waals surface area contributed by atoms with Gasteiger partial charge in [0.1, 0.15) is 6.10 Å². The van der Waals surface area contributed by atoms with Crippen molar-refractivity contribution in [2.24, 2.45) is 11.3 Å². The SMILES string of the molecule is CC1CC2OC2CC1OC(=O)C1(C)CCCCC1. The van der Waals surface area contributed by atoms with Crippen molar-refractivity contribution in [1.82, 2.24) is 0 Å². The summed E-state index contributed by atoms with van der Waals surface area (Å²) in [6.07, 6.45) is 8.47. The summed E-state index contributed by atoms with van der Waals surface area (Å²) in [4.78, 5) is 12.4. The summed E-state index contributed by atoms with van der Waals surface area (Å²) in [6, 6.07) is 0. The highest BCUT2D eigenvalue weighted by molar-refractivity contribution is 5.76. The maximum Gasteiger partial charge on any atom is 0.312 e. The fourth-order valence-corrected chi connectivity index (χ4v) is 3.55. The third kappa shape index (κ3) is 2.29. The summed E-state index contributed by atoms with van der Waals surface area (Å²) in [5.41, 5.74) is -0.223. The van der Waals surface area contributed by atoms with Crippen molar-refractivity contribution >= 4 is 5.97 Å². The van der Waals surface area contributed by atoms with E-state index in [0.717, 1.165) is 25.7 Å². The number of esters is 1. The molecule has 1 saturated heterocycles. The Morgan fingerprint density at radius 2 is 1.83 bits per heavy atom. The van der Waals surface area contributed by atoms with Crippen molar-refractivity contribution in [3.63, 3.8) is 0 Å². The molecule has 2 saturated carbocycles. The van der Waals surface area contributed by atoms with Crippen LogP contribution < -0.4 is 0 Å². The Balaban J connectivity index is 1.59. The van der Waals surface area contributed by atoms with Gasteiger partial charge in [0.05, 0.1) is 17.6 Å². The normalized spacial score (nSPS) is 41.9. The second-order valence-electron chi connectivity index (χ2n) is 6.73. The number of carbonyl (C=O) groups excluding carboxylic acids is 1. The minimum Gasteiger partial charge on any atom is -0.462 e. The van der Waals surface area contributed by atoms with E-state index < -0.39 is 0 Å². The Hall–Kier alpha value is -0.570. The molecule has 0 aromatic carbocycles. The van der Waals surface area contributed by atoms with Crippen LogP contribution in [-0.2, 0) is 14.3 Å². The molecule has 3 nitrogen and oxygen atoms in total. The molecule has 0 radical (unpaired) electrons. The van der Waals surface area contributed by atoms with Gasteiger partial charge >= 0.3 is 5.97 Å². The Morgan fingerprint density at radius 3 is 2.56 bits per heavy atom. The van der Waals surface area contributed by atoms with Gasteiger partial charge in [-0.15, -0.1) is 0 Å². The minimum absolute atomic E-state index is 0.0400. The third-order valence-corrected chi connectivity index (χ3v) is 5.10. The summed E-state index contributed by atoms with van der Waals surface area (Å²) < 4.78 is 11.4. The van der Waals surface area contributed by atoms with E-state index in [2.05, 4.69) is 13.8 Å². The van der Waals surface area contributed by atoms with Crippen molar-refractivity contribution < 1.29 is 14.3 Å². The first-order valence-corrected chi connectivity index (χ1v) is 7.45. The van der Waals surface area contributed by atoms with Gasteiger partial charge in [0.2, 0.25) is 0 Å². The van der Waals surface area contributed by atoms with Gasteiger partial charge in [0.15, 0.2) is 0 Å². The van der Waals surface area contributed by atoms with Crippen molar-refractivity contribution in [1.29, 1.82) is 0 Å². The molecule has 0 N–H and O–H groups in total. The lowest BCUT2D eigenvalue weighted by Crippen LogP contribution is -2.38. The highest BCUT2D eigenvalue weighted by atomic mass is 16.6. The first-order chi connectivity index (χ1) is 8.58. The molecule has 0 bridgehead atoms. The van der Waals surface area contributed by atoms with Gasteiger partial charge in [-0.1, -0.05) is 26.2 Å². The maximum absolute atomic E-state index is 12.4. The largest absolute Gasteiger partial charge is 0.462 e. The standard InChI is InChI=1S/C15H24O3/c1-10-8-12-13(17-12)9-11(10)18-14(16)15(2)6-4-3-5-7-15/h10-13H,3-9H2,1-2H3. The fourth-order valence-electron chi connectivity index (χ4n) is 3.55. The van der Waals surface area contributed by atoms with Crippen LogP contribution in [0.15, 0.2) is 0 Å². The first-order valence-electron chi connectivity index (χ1n) is 7.45. The average Bonchev–Trinajstić information content (AvgIpc) is 3.08. The Bertz CT molecular complexity index is 333. The van der Waals surface area contributed by atoms with E-state index in [0.29, 0.717) is 18.1 Å². The van der Waals surface area contributed by atoms with Crippen molar-refractivity contribution in [3.8, 4) is 0 Å². The molecule has 3 aliphatic rings. The van der Waals surface area contributed by atoms with Gasteiger partial charge in [0, 0.05) is 6.42 Å². The third-order valence-electron chi connectivity index (χ3n) is 5.10. The molecule has 2 aliphatic carbocycles. The zero-order valence-electron chi connectivity index (χ0n) is 11.5. The van der Waals surface area contributed by atoms with E-state index in [1.165, 1.54) is 19.3 Å². The van der Waals surface area contributed by atoms with Crippen molar-refractivity contribution in [2.45, 2.75) is 77.1 Å². The molecule has 1 heterocycles. The lowest BCUT2D eigenvalue weighted by atomic mass is 9.75. The summed E-state index contributed by atoms with van der Waals surface area (Å²) in [5.74, 6) is 0.489. The zero-order valence-corrected chi connectivity index (χ0v) is 11.5. The molecule has 4 unspecified atom stereocenters. The van der Waals surface area contributed by atoms with E-state index in [9.17, 15) is 4.79 Å². The van der Waals surface area contributed by atoms with Gasteiger partial charge in [-0.25, -0.2) is 0 Å². The number of epoxide rings is 1. The van der Waals surface area contributed by atoms with E-state index in [4.69, 9.17) is 9.47 Å². The van der Waals surface area contributed by atoms with Gasteiger partial charge in [-0.2, -0.15) is 0 Å². The van der Waals surface area contributed by atoms with E-state index in [1.807, 2.05) is 0 Å². The van der Waals surface area contributed by atoms with Crippen LogP contribution in [-0.4, -0.2) is 24.3 Å². The van der Waals surface area contributed by atoms with Crippen LogP contribution in [0.4, 0.5) is 0 Å². The van der Waals surface area contributed by atoms with Crippen LogP contribution in [0.25, 0.3) is 0 Å². The molecular formula is C15H24O3. The molecule has 0 spiro atoms. The van der Waals surface area contributed by atoms with Crippen LogP contribution in [0.5, 0.6) is 0 Å². The van der Waals surface area contributed by atoms with Crippen LogP contribution in [0.3, 0.4) is 0 Å². The summed E-state index contributed by atoms with van der Waals surface area (Å²) >= 11 is 0. The van der Waals surface area contributed by atoms with E-state index >= 15 is 0 Å². The van der Waals surface area contributed by atoms with Gasteiger partial charge in [0.25, 0.3) is 0 Å². The molecular weight excluding hydrogens is 228 g/mol. The number of ether oxygens (including phenoxy) is 2. The molecule has 3 rings (SSSR count). The second-order valence-corrected chi connectivity index (χ2v) is 6.73. The van der Waals surface area contributed by atoms with Crippen molar-refractivity contribution in [2.75, 3.05) is 0 Å². The van der Waals surface area contributed by atoms with Crippen molar-refractivity contribution in [3.05, 3.63) is 0 Å². The van der Waals surface area contributed by atoms with Gasteiger partial charge in [-0.3, -0.25) is 4.79 Å². The Labute approximate surface area is 109 Å². The Kier molecular flexibility index (Phi) is 3.13. The van der Waals surface area contributed by atoms with Gasteiger partial charge in [-0.05, 0) is 32.1 Å². The van der Waals surface area contributed by atoms with Crippen LogP contribution in [0.1, 0.15) is 58.8 Å². The van der Waals surface area contributed by atoms with Gasteiger partial charge < -0.3 is 9.47 Å². The first kappa shape index (κ1) is 12.5. The molecule has 18 heavy (non-hydrogen) atoms. The summed E-state index contributed by atoms with van der Waals surface area (Å²) in [7, 11) is 0. The van der Waals surface area contributed by atoms with Crippen LogP contribution in [0, 0.1) is 11.3 Å². The highest BCUT2D eigenvalue weighted by Crippen LogP contribution is 2.43. The number of fused-ring (bicyclic) bond motifs is 1. The quantitative estimate of drug-likeness (QED) is 0.560. The number of hydrogen-bond donors (Lipinski definition) is 0. The van der Waals surface area contributed by atoms with Crippen LogP contribution >= 0.6 is 0 Å². The molecule has 4 atom stereocenters. The molecule has 0 amide bonds. The monoisotopic (exact) mass is 252 g/mol. The average molecular weight is 252 g/mol. The maximum atomic E-state index is 12.4. The second kappa shape index (κ2) is 4.52. The molecule has 102 valence electrons. The minimum atomic E-state index is -0.223. The summed E-state index contributed by atoms with van der Waals surface area (Å²) in [6.45, 7) is 4.26. The number of rotatable bonds is 2. The fraction of sp³-hybridized carbons (Fsp3) is 0.933. The molecule has 1 aliphatic heterocycles. The lowest BCUT2D eigenvalue weighted by molar-refractivity contribution is -0.166. The number of carbonyl (C=O) groups is 1. The lowest BCUT2D eigenvalue weighted by Gasteiger charge is -2.34. The molecule has 0 aromatic heterocycles. The van der Waals surface area contributed by atoms with Crippen LogP contribution in [0.2, 0.25) is 0 Å². The molecule has 3 heteroatoms. The van der Waals surface area contributed by atoms with E-state index in [1.54, 1.807) is 0 Å². The predicted molar refractivity (Wildman–Crippen MR) is 68.1 cm³/mol. The smallest absolute Gasteiger partial charge is 0.312 e. The summed E-state index contributed by atoms with van der Waals surface area (Å²) in [5, 5.41) is 0. The topological polar surface area (TPSA) is 38.8 Å². The van der Waals surface area contributed by atoms with E-state index in [-0.39, 0.29) is 17.5 Å². The molecule has 0 aromatic rings. The predicted octanol–water partition coefficient (Wildman–Crippen LogP) is 3.07. The highest BCUT2D eigenvalue weighted by Gasteiger charge is 2.49. The number of hydrogen-bond acceptors (Lipinski definition) is 3. The zero-order chi connectivity index (χ0) is 12.8.